The fraction of sp³-hybridized carbons (Fsp3) is 0.333. The molecule has 0 saturated carbocycles. The molecule has 0 aliphatic carbocycles. The smallest absolute Gasteiger partial charge is 0.314 e. The van der Waals surface area contributed by atoms with Gasteiger partial charge in [0.15, 0.2) is 0 Å². The maximum atomic E-state index is 12.6. The summed E-state index contributed by atoms with van der Waals surface area (Å²) >= 11 is 0. The number of hydrogen-bond acceptors (Lipinski definition) is 5. The molecule has 1 aromatic carbocycles. The number of imidazole rings is 1. The molecule has 0 atom stereocenters. The average molecular weight is 378 g/mol. The van der Waals surface area contributed by atoms with Crippen LogP contribution in [0.25, 0.3) is 11.0 Å². The molecule has 4 rings (SSSR count). The number of nitrogens with zero attached hydrogens (tertiary/aromatic N) is 4. The molecule has 144 valence electrons. The number of fused-ring (bicyclic) bond motifs is 1. The lowest BCUT2D eigenvalue weighted by atomic mass is 9.96. The summed E-state index contributed by atoms with van der Waals surface area (Å²) in [6, 6.07) is 9.00. The van der Waals surface area contributed by atoms with E-state index in [1.165, 1.54) is 0 Å². The molecule has 1 aliphatic heterocycles. The first-order valence-corrected chi connectivity index (χ1v) is 9.37. The summed E-state index contributed by atoms with van der Waals surface area (Å²) in [5, 5.41) is 0. The molecule has 3 heterocycles. The topological polar surface area (TPSA) is 77.3 Å². The van der Waals surface area contributed by atoms with Gasteiger partial charge in [0.05, 0.1) is 22.5 Å². The second-order valence-corrected chi connectivity index (χ2v) is 7.10. The maximum absolute atomic E-state index is 12.6. The lowest BCUT2D eigenvalue weighted by Crippen LogP contribution is -2.41. The quantitative estimate of drug-likeness (QED) is 0.517. The number of aryl methyl sites for hydroxylation is 2. The molecule has 0 unspecified atom stereocenters. The average Bonchev–Trinajstić information content (AvgIpc) is 3.01. The van der Waals surface area contributed by atoms with Crippen molar-refractivity contribution < 1.29 is 14.3 Å². The fourth-order valence-electron chi connectivity index (χ4n) is 3.55. The summed E-state index contributed by atoms with van der Waals surface area (Å²) in [6.07, 6.45) is 4.40. The first kappa shape index (κ1) is 18.2. The van der Waals surface area contributed by atoms with E-state index in [1.54, 1.807) is 41.6 Å². The number of piperidine rings is 1. The monoisotopic (exact) mass is 378 g/mol. The van der Waals surface area contributed by atoms with Gasteiger partial charge in [0, 0.05) is 38.6 Å². The van der Waals surface area contributed by atoms with Crippen LogP contribution in [-0.4, -0.2) is 44.4 Å². The fourth-order valence-corrected chi connectivity index (χ4v) is 3.55. The summed E-state index contributed by atoms with van der Waals surface area (Å²) in [7, 11) is 1.96. The van der Waals surface area contributed by atoms with Crippen molar-refractivity contribution in [2.24, 2.45) is 13.0 Å². The van der Waals surface area contributed by atoms with Crippen LogP contribution in [0.4, 0.5) is 0 Å². The first-order chi connectivity index (χ1) is 13.5. The normalized spacial score (nSPS) is 15.0. The van der Waals surface area contributed by atoms with Gasteiger partial charge in [0.1, 0.15) is 11.6 Å². The Bertz CT molecular complexity index is 1020. The number of rotatable bonds is 3. The van der Waals surface area contributed by atoms with Gasteiger partial charge in [-0.15, -0.1) is 0 Å². The van der Waals surface area contributed by atoms with Crippen LogP contribution in [0.15, 0.2) is 42.7 Å². The zero-order valence-electron chi connectivity index (χ0n) is 16.0. The highest BCUT2D eigenvalue weighted by atomic mass is 16.5. The molecule has 1 saturated heterocycles. The van der Waals surface area contributed by atoms with Crippen LogP contribution in [0.1, 0.15) is 29.0 Å². The van der Waals surface area contributed by atoms with Gasteiger partial charge in [-0.2, -0.15) is 0 Å². The van der Waals surface area contributed by atoms with Crippen molar-refractivity contribution in [1.82, 2.24) is 19.4 Å². The van der Waals surface area contributed by atoms with Crippen molar-refractivity contribution >= 4 is 22.9 Å². The summed E-state index contributed by atoms with van der Waals surface area (Å²) in [5.41, 5.74) is 2.38. The van der Waals surface area contributed by atoms with E-state index < -0.39 is 0 Å². The maximum Gasteiger partial charge on any atom is 0.314 e. The van der Waals surface area contributed by atoms with E-state index in [0.29, 0.717) is 37.2 Å². The highest BCUT2D eigenvalue weighted by Crippen LogP contribution is 2.24. The van der Waals surface area contributed by atoms with Crippen LogP contribution < -0.4 is 4.74 Å². The van der Waals surface area contributed by atoms with Crippen LogP contribution in [-0.2, 0) is 11.8 Å². The van der Waals surface area contributed by atoms with E-state index in [1.807, 2.05) is 24.6 Å². The predicted octanol–water partition coefficient (Wildman–Crippen LogP) is 2.73. The number of amides is 1. The predicted molar refractivity (Wildman–Crippen MR) is 104 cm³/mol. The van der Waals surface area contributed by atoms with E-state index in [-0.39, 0.29) is 17.8 Å². The third-order valence-electron chi connectivity index (χ3n) is 5.32. The van der Waals surface area contributed by atoms with Gasteiger partial charge >= 0.3 is 5.97 Å². The summed E-state index contributed by atoms with van der Waals surface area (Å²) in [6.45, 7) is 3.00. The molecule has 0 radical (unpaired) electrons. The van der Waals surface area contributed by atoms with Gasteiger partial charge < -0.3 is 14.2 Å². The van der Waals surface area contributed by atoms with E-state index in [0.717, 1.165) is 16.9 Å². The van der Waals surface area contributed by atoms with E-state index in [2.05, 4.69) is 9.97 Å². The number of aromatic nitrogens is 3. The Labute approximate surface area is 163 Å². The Morgan fingerprint density at radius 1 is 1.18 bits per heavy atom. The van der Waals surface area contributed by atoms with Gasteiger partial charge in [0.2, 0.25) is 0 Å². The Kier molecular flexibility index (Phi) is 4.81. The molecular weight excluding hydrogens is 356 g/mol. The number of carbonyl (C=O) groups excluding carboxylic acids is 2. The minimum atomic E-state index is -0.250. The zero-order valence-corrected chi connectivity index (χ0v) is 16.0. The number of pyridine rings is 1. The number of ether oxygens (including phenoxy) is 1. The van der Waals surface area contributed by atoms with Crippen molar-refractivity contribution in [2.45, 2.75) is 19.8 Å². The van der Waals surface area contributed by atoms with E-state index in [4.69, 9.17) is 4.74 Å². The van der Waals surface area contributed by atoms with Crippen LogP contribution in [0, 0.1) is 12.8 Å². The van der Waals surface area contributed by atoms with Crippen LogP contribution >= 0.6 is 0 Å². The molecule has 0 bridgehead atoms. The molecule has 0 spiro atoms. The minimum Gasteiger partial charge on any atom is -0.426 e. The third-order valence-corrected chi connectivity index (χ3v) is 5.32. The number of hydrogen-bond donors (Lipinski definition) is 0. The molecule has 28 heavy (non-hydrogen) atoms. The van der Waals surface area contributed by atoms with E-state index >= 15 is 0 Å². The number of esters is 1. The highest BCUT2D eigenvalue weighted by Gasteiger charge is 2.29. The summed E-state index contributed by atoms with van der Waals surface area (Å²) in [4.78, 5) is 35.3. The van der Waals surface area contributed by atoms with Gasteiger partial charge in [-0.05, 0) is 44.0 Å². The van der Waals surface area contributed by atoms with Crippen LogP contribution in [0.5, 0.6) is 5.75 Å². The SMILES string of the molecule is Cc1nc2cc(OC(=O)C3CCN(C(=O)c4cccnc4)CC3)ccc2n1C. The Hall–Kier alpha value is -3.22. The lowest BCUT2D eigenvalue weighted by Gasteiger charge is -2.30. The minimum absolute atomic E-state index is 0.0455. The number of carbonyl (C=O) groups is 2. The second-order valence-electron chi connectivity index (χ2n) is 7.10. The molecule has 0 N–H and O–H groups in total. The lowest BCUT2D eigenvalue weighted by molar-refractivity contribution is -0.140. The van der Waals surface area contributed by atoms with Gasteiger partial charge in [-0.1, -0.05) is 0 Å². The van der Waals surface area contributed by atoms with Crippen LogP contribution in [0.2, 0.25) is 0 Å². The van der Waals surface area contributed by atoms with E-state index in [9.17, 15) is 9.59 Å². The van der Waals surface area contributed by atoms with Gasteiger partial charge in [-0.25, -0.2) is 4.98 Å². The standard InChI is InChI=1S/C21H22N4O3/c1-14-23-18-12-17(5-6-19(18)24(14)2)28-21(27)15-7-10-25(11-8-15)20(26)16-4-3-9-22-13-16/h3-6,9,12-13,15H,7-8,10-11H2,1-2H3. The van der Waals surface area contributed by atoms with Crippen LogP contribution in [0.3, 0.4) is 0 Å². The molecule has 2 aromatic heterocycles. The zero-order chi connectivity index (χ0) is 19.7. The molecule has 1 amide bonds. The molecule has 7 heteroatoms. The second kappa shape index (κ2) is 7.42. The van der Waals surface area contributed by atoms with Crippen molar-refractivity contribution in [3.05, 3.63) is 54.1 Å². The highest BCUT2D eigenvalue weighted by molar-refractivity contribution is 5.94. The van der Waals surface area contributed by atoms with Crippen molar-refractivity contribution in [3.63, 3.8) is 0 Å². The molecule has 1 fully saturated rings. The van der Waals surface area contributed by atoms with Gasteiger partial charge in [0.25, 0.3) is 5.91 Å². The number of likely N-dealkylation sites (tertiary alicyclic amines) is 1. The largest absolute Gasteiger partial charge is 0.426 e. The third kappa shape index (κ3) is 3.47. The Morgan fingerprint density at radius 2 is 1.96 bits per heavy atom. The Balaban J connectivity index is 1.37. The number of benzene rings is 1. The van der Waals surface area contributed by atoms with Crippen molar-refractivity contribution in [3.8, 4) is 5.75 Å². The molecule has 3 aromatic rings. The van der Waals surface area contributed by atoms with Gasteiger partial charge in [-0.3, -0.25) is 14.6 Å². The molecular formula is C21H22N4O3. The van der Waals surface area contributed by atoms with Crippen molar-refractivity contribution in [1.29, 1.82) is 0 Å². The molecule has 1 aliphatic rings. The van der Waals surface area contributed by atoms with Crippen molar-refractivity contribution in [2.75, 3.05) is 13.1 Å². The molecule has 7 nitrogen and oxygen atoms in total. The Morgan fingerprint density at radius 3 is 2.68 bits per heavy atom. The summed E-state index contributed by atoms with van der Waals surface area (Å²) < 4.78 is 7.59. The summed E-state index contributed by atoms with van der Waals surface area (Å²) in [5.74, 6) is 0.907. The first-order valence-electron chi connectivity index (χ1n) is 9.37.